The van der Waals surface area contributed by atoms with Crippen LogP contribution in [0.5, 0.6) is 0 Å². The Bertz CT molecular complexity index is 767. The zero-order valence-corrected chi connectivity index (χ0v) is 12.9. The molecule has 3 rings (SSSR count). The molecule has 0 amide bonds. The molecule has 1 aliphatic rings. The van der Waals surface area contributed by atoms with E-state index in [2.05, 4.69) is 5.32 Å². The largest absolute Gasteiger partial charge is 0.481 e. The number of imidazole rings is 1. The topological polar surface area (TPSA) is 76.3 Å². The number of hydrogen-bond donors (Lipinski definition) is 2. The molecule has 0 aliphatic heterocycles. The molecule has 6 heteroatoms. The van der Waals surface area contributed by atoms with Gasteiger partial charge in [0, 0.05) is 25.8 Å². The Kier molecular flexibility index (Phi) is 3.68. The van der Waals surface area contributed by atoms with E-state index in [0.717, 1.165) is 42.4 Å². The maximum absolute atomic E-state index is 11.9. The van der Waals surface area contributed by atoms with E-state index in [-0.39, 0.29) is 11.6 Å². The molecule has 1 aromatic heterocycles. The molecular formula is C16H21N3O3. The number of carboxylic acids is 1. The maximum Gasteiger partial charge on any atom is 0.328 e. The van der Waals surface area contributed by atoms with Crippen LogP contribution < -0.4 is 11.0 Å². The first-order chi connectivity index (χ1) is 10.5. The molecule has 1 heterocycles. The summed E-state index contributed by atoms with van der Waals surface area (Å²) in [5.41, 5.74) is 2.76. The number of nitrogens with zero attached hydrogens (tertiary/aromatic N) is 2. The van der Waals surface area contributed by atoms with Crippen molar-refractivity contribution in [3.8, 4) is 0 Å². The number of carboxylic acid groups (broad SMARTS) is 1. The van der Waals surface area contributed by atoms with Crippen LogP contribution >= 0.6 is 0 Å². The third-order valence-corrected chi connectivity index (χ3v) is 4.72. The molecule has 1 saturated carbocycles. The Balaban J connectivity index is 1.77. The molecule has 2 N–H and O–H groups in total. The number of rotatable bonds is 3. The Morgan fingerprint density at radius 1 is 1.14 bits per heavy atom. The number of aromatic nitrogens is 2. The van der Waals surface area contributed by atoms with Gasteiger partial charge in [0.25, 0.3) is 0 Å². The second kappa shape index (κ2) is 5.51. The number of benzene rings is 1. The van der Waals surface area contributed by atoms with Crippen molar-refractivity contribution >= 4 is 22.7 Å². The monoisotopic (exact) mass is 303 g/mol. The fourth-order valence-electron chi connectivity index (χ4n) is 3.32. The van der Waals surface area contributed by atoms with Crippen molar-refractivity contribution in [3.05, 3.63) is 28.7 Å². The zero-order chi connectivity index (χ0) is 15.9. The van der Waals surface area contributed by atoms with Gasteiger partial charge in [-0.1, -0.05) is 0 Å². The molecule has 0 unspecified atom stereocenters. The van der Waals surface area contributed by atoms with E-state index >= 15 is 0 Å². The van der Waals surface area contributed by atoms with Crippen molar-refractivity contribution in [3.63, 3.8) is 0 Å². The fraction of sp³-hybridized carbons (Fsp3) is 0.500. The summed E-state index contributed by atoms with van der Waals surface area (Å²) in [7, 11) is 3.54. The van der Waals surface area contributed by atoms with E-state index < -0.39 is 5.97 Å². The minimum absolute atomic E-state index is 0.0332. The van der Waals surface area contributed by atoms with Crippen molar-refractivity contribution in [2.45, 2.75) is 31.7 Å². The average Bonchev–Trinajstić information content (AvgIpc) is 2.72. The SMILES string of the molecule is Cn1c(=O)n(C)c2cc(NC3CCC(C(=O)O)CC3)ccc21. The van der Waals surface area contributed by atoms with Crippen molar-refractivity contribution in [1.29, 1.82) is 0 Å². The summed E-state index contributed by atoms with van der Waals surface area (Å²) < 4.78 is 3.28. The number of nitrogens with one attached hydrogen (secondary N) is 1. The van der Waals surface area contributed by atoms with Crippen molar-refractivity contribution in [1.82, 2.24) is 9.13 Å². The van der Waals surface area contributed by atoms with E-state index in [9.17, 15) is 9.59 Å². The lowest BCUT2D eigenvalue weighted by molar-refractivity contribution is -0.142. The van der Waals surface area contributed by atoms with Gasteiger partial charge in [-0.05, 0) is 43.9 Å². The van der Waals surface area contributed by atoms with Crippen LogP contribution in [0.15, 0.2) is 23.0 Å². The molecule has 1 aromatic carbocycles. The van der Waals surface area contributed by atoms with Crippen molar-refractivity contribution < 1.29 is 9.90 Å². The number of hydrogen-bond acceptors (Lipinski definition) is 3. The second-order valence-electron chi connectivity index (χ2n) is 6.14. The minimum atomic E-state index is -0.681. The van der Waals surface area contributed by atoms with Crippen LogP contribution in [0.3, 0.4) is 0 Å². The predicted octanol–water partition coefficient (Wildman–Crippen LogP) is 1.93. The number of aliphatic carboxylic acids is 1. The molecule has 22 heavy (non-hydrogen) atoms. The summed E-state index contributed by atoms with van der Waals surface area (Å²) in [6, 6.07) is 6.21. The summed E-state index contributed by atoms with van der Waals surface area (Å²) in [6.07, 6.45) is 3.17. The highest BCUT2D eigenvalue weighted by Gasteiger charge is 2.25. The molecule has 118 valence electrons. The van der Waals surface area contributed by atoms with Gasteiger partial charge < -0.3 is 10.4 Å². The number of fused-ring (bicyclic) bond motifs is 1. The van der Waals surface area contributed by atoms with Crippen LogP contribution in [0.4, 0.5) is 5.69 Å². The van der Waals surface area contributed by atoms with E-state index in [1.54, 1.807) is 23.2 Å². The smallest absolute Gasteiger partial charge is 0.328 e. The number of carbonyl (C=O) groups is 1. The van der Waals surface area contributed by atoms with Gasteiger partial charge in [0.15, 0.2) is 0 Å². The molecular weight excluding hydrogens is 282 g/mol. The molecule has 1 aliphatic carbocycles. The van der Waals surface area contributed by atoms with Crippen molar-refractivity contribution in [2.24, 2.45) is 20.0 Å². The highest BCUT2D eigenvalue weighted by molar-refractivity contribution is 5.80. The van der Waals surface area contributed by atoms with E-state index in [0.29, 0.717) is 6.04 Å². The van der Waals surface area contributed by atoms with Gasteiger partial charge in [-0.15, -0.1) is 0 Å². The Hall–Kier alpha value is -2.24. The molecule has 0 atom stereocenters. The Morgan fingerprint density at radius 3 is 2.41 bits per heavy atom. The van der Waals surface area contributed by atoms with Gasteiger partial charge >= 0.3 is 11.7 Å². The lowest BCUT2D eigenvalue weighted by Crippen LogP contribution is -2.29. The van der Waals surface area contributed by atoms with Gasteiger partial charge in [0.2, 0.25) is 0 Å². The highest BCUT2D eigenvalue weighted by Crippen LogP contribution is 2.27. The fourth-order valence-corrected chi connectivity index (χ4v) is 3.32. The first-order valence-corrected chi connectivity index (χ1v) is 7.62. The van der Waals surface area contributed by atoms with Crippen LogP contribution in [0.2, 0.25) is 0 Å². The normalized spacial score (nSPS) is 21.9. The molecule has 0 saturated heterocycles. The molecule has 0 radical (unpaired) electrons. The third-order valence-electron chi connectivity index (χ3n) is 4.72. The molecule has 6 nitrogen and oxygen atoms in total. The van der Waals surface area contributed by atoms with Gasteiger partial charge in [0.1, 0.15) is 0 Å². The van der Waals surface area contributed by atoms with Crippen LogP contribution in [0.1, 0.15) is 25.7 Å². The van der Waals surface area contributed by atoms with Crippen molar-refractivity contribution in [2.75, 3.05) is 5.32 Å². The first-order valence-electron chi connectivity index (χ1n) is 7.62. The highest BCUT2D eigenvalue weighted by atomic mass is 16.4. The third kappa shape index (κ3) is 2.49. The Morgan fingerprint density at radius 2 is 1.77 bits per heavy atom. The van der Waals surface area contributed by atoms with E-state index in [1.165, 1.54) is 0 Å². The summed E-state index contributed by atoms with van der Waals surface area (Å²) in [5.74, 6) is -0.880. The summed E-state index contributed by atoms with van der Waals surface area (Å²) in [5, 5.41) is 12.5. The van der Waals surface area contributed by atoms with Crippen LogP contribution in [-0.4, -0.2) is 26.3 Å². The molecule has 0 spiro atoms. The van der Waals surface area contributed by atoms with Gasteiger partial charge in [0.05, 0.1) is 17.0 Å². The molecule has 1 fully saturated rings. The minimum Gasteiger partial charge on any atom is -0.481 e. The average molecular weight is 303 g/mol. The van der Waals surface area contributed by atoms with Crippen LogP contribution in [0.25, 0.3) is 11.0 Å². The zero-order valence-electron chi connectivity index (χ0n) is 12.9. The standard InChI is InChI=1S/C16H21N3O3/c1-18-13-8-7-12(9-14(13)19(2)16(18)22)17-11-5-3-10(4-6-11)15(20)21/h7-11,17H,3-6H2,1-2H3,(H,20,21). The molecule has 0 bridgehead atoms. The summed E-state index contributed by atoms with van der Waals surface area (Å²) in [6.45, 7) is 0. The number of aryl methyl sites for hydroxylation is 2. The van der Waals surface area contributed by atoms with Gasteiger partial charge in [-0.2, -0.15) is 0 Å². The Labute approximate surface area is 128 Å². The van der Waals surface area contributed by atoms with Gasteiger partial charge in [-0.25, -0.2) is 4.79 Å². The van der Waals surface area contributed by atoms with E-state index in [4.69, 9.17) is 5.11 Å². The summed E-state index contributed by atoms with van der Waals surface area (Å²) >= 11 is 0. The first kappa shape index (κ1) is 14.7. The lowest BCUT2D eigenvalue weighted by atomic mass is 9.86. The predicted molar refractivity (Wildman–Crippen MR) is 85.2 cm³/mol. The second-order valence-corrected chi connectivity index (χ2v) is 6.14. The van der Waals surface area contributed by atoms with Crippen LogP contribution in [0, 0.1) is 5.92 Å². The summed E-state index contributed by atoms with van der Waals surface area (Å²) in [4.78, 5) is 22.9. The van der Waals surface area contributed by atoms with E-state index in [1.807, 2.05) is 18.2 Å². The quantitative estimate of drug-likeness (QED) is 0.908. The maximum atomic E-state index is 11.9. The molecule has 2 aromatic rings. The van der Waals surface area contributed by atoms with Gasteiger partial charge in [-0.3, -0.25) is 13.9 Å². The number of anilines is 1. The van der Waals surface area contributed by atoms with Crippen LogP contribution in [-0.2, 0) is 18.9 Å². The lowest BCUT2D eigenvalue weighted by Gasteiger charge is -2.27.